The number of halogens is 1. The molecule has 0 saturated heterocycles. The van der Waals surface area contributed by atoms with Gasteiger partial charge in [0.25, 0.3) is 5.91 Å². The molecule has 1 aliphatic heterocycles. The van der Waals surface area contributed by atoms with Crippen LogP contribution in [0.5, 0.6) is 0 Å². The molecule has 2 N–H and O–H groups in total. The van der Waals surface area contributed by atoms with E-state index in [4.69, 9.17) is 0 Å². The molecule has 0 bridgehead atoms. The summed E-state index contributed by atoms with van der Waals surface area (Å²) in [7, 11) is 0. The summed E-state index contributed by atoms with van der Waals surface area (Å²) in [4.78, 5) is 41.4. The lowest BCUT2D eigenvalue weighted by Gasteiger charge is -2.44. The van der Waals surface area contributed by atoms with Gasteiger partial charge in [0.05, 0.1) is 24.3 Å². The number of anilines is 1. The zero-order valence-corrected chi connectivity index (χ0v) is 19.9. The first-order valence-electron chi connectivity index (χ1n) is 12.0. The topological polar surface area (TPSA) is 83.4 Å². The lowest BCUT2D eigenvalue weighted by molar-refractivity contribution is -0.133. The Morgan fingerprint density at radius 1 is 1.09 bits per heavy atom. The van der Waals surface area contributed by atoms with E-state index in [1.54, 1.807) is 25.1 Å². The van der Waals surface area contributed by atoms with Crippen molar-refractivity contribution in [1.82, 2.24) is 14.8 Å². The first-order valence-corrected chi connectivity index (χ1v) is 12.0. The van der Waals surface area contributed by atoms with Gasteiger partial charge < -0.3 is 20.1 Å². The molecule has 1 unspecified atom stereocenters. The number of nitrogens with one attached hydrogen (secondary N) is 2. The summed E-state index contributed by atoms with van der Waals surface area (Å²) < 4.78 is 16.5. The maximum Gasteiger partial charge on any atom is 0.273 e. The highest BCUT2D eigenvalue weighted by atomic mass is 19.1. The average Bonchev–Trinajstić information content (AvgIpc) is 3.44. The number of hydrogen-bond donors (Lipinski definition) is 2. The zero-order valence-electron chi connectivity index (χ0n) is 19.9. The third-order valence-electron chi connectivity index (χ3n) is 7.25. The molecule has 35 heavy (non-hydrogen) atoms. The number of hydrogen-bond acceptors (Lipinski definition) is 3. The Hall–Kier alpha value is -3.68. The Morgan fingerprint density at radius 2 is 1.77 bits per heavy atom. The molecule has 2 aliphatic rings. The summed E-state index contributed by atoms with van der Waals surface area (Å²) in [5.41, 5.74) is 0.528. The van der Waals surface area contributed by atoms with Gasteiger partial charge in [-0.3, -0.25) is 14.4 Å². The standard InChI is InChI=1S/C27H29FN4O3/c1-17(33)29-23-20-12-6-8-14-22(20)31-16-27(2,26(35)30-19-10-4-5-11-19)32(25(34)24(23)31)15-18-9-3-7-13-21(18)28/h3,6-9,12-14,19H,4-5,10-11,15-16H2,1-2H3,(H,29,33)(H,30,35). The number of benzene rings is 2. The second-order valence-corrected chi connectivity index (χ2v) is 9.72. The Balaban J connectivity index is 1.65. The molecule has 3 amide bonds. The number of rotatable bonds is 5. The molecule has 1 saturated carbocycles. The van der Waals surface area contributed by atoms with Crippen LogP contribution in [-0.4, -0.2) is 38.8 Å². The predicted molar refractivity (Wildman–Crippen MR) is 131 cm³/mol. The monoisotopic (exact) mass is 476 g/mol. The van der Waals surface area contributed by atoms with Crippen molar-refractivity contribution in [2.24, 2.45) is 0 Å². The van der Waals surface area contributed by atoms with Crippen molar-refractivity contribution in [3.05, 3.63) is 65.6 Å². The van der Waals surface area contributed by atoms with Crippen molar-refractivity contribution in [3.8, 4) is 0 Å². The van der Waals surface area contributed by atoms with E-state index < -0.39 is 17.3 Å². The molecule has 5 rings (SSSR count). The van der Waals surface area contributed by atoms with E-state index in [-0.39, 0.29) is 30.9 Å². The van der Waals surface area contributed by atoms with E-state index in [0.29, 0.717) is 16.9 Å². The summed E-state index contributed by atoms with van der Waals surface area (Å²) in [6.07, 6.45) is 3.94. The molecule has 7 nitrogen and oxygen atoms in total. The highest BCUT2D eigenvalue weighted by Crippen LogP contribution is 2.39. The highest BCUT2D eigenvalue weighted by molar-refractivity contribution is 6.14. The Labute approximate surface area is 203 Å². The number of fused-ring (bicyclic) bond motifs is 3. The molecule has 3 aromatic rings. The fourth-order valence-electron chi connectivity index (χ4n) is 5.39. The van der Waals surface area contributed by atoms with Gasteiger partial charge in [0.1, 0.15) is 17.1 Å². The molecule has 0 radical (unpaired) electrons. The number of amides is 3. The van der Waals surface area contributed by atoms with Gasteiger partial charge in [-0.15, -0.1) is 0 Å². The van der Waals surface area contributed by atoms with Crippen LogP contribution in [0.1, 0.15) is 55.6 Å². The van der Waals surface area contributed by atoms with Crippen LogP contribution in [0.3, 0.4) is 0 Å². The zero-order chi connectivity index (χ0) is 24.7. The maximum absolute atomic E-state index is 14.7. The SMILES string of the molecule is CC(=O)Nc1c2n(c3ccccc13)CC(C)(C(=O)NC1CCCC1)N(Cc1ccccc1F)C2=O. The number of aromatic nitrogens is 1. The van der Waals surface area contributed by atoms with Crippen molar-refractivity contribution < 1.29 is 18.8 Å². The minimum atomic E-state index is -1.26. The second-order valence-electron chi connectivity index (χ2n) is 9.72. The Kier molecular flexibility index (Phi) is 5.83. The number of carbonyl (C=O) groups excluding carboxylic acids is 3. The van der Waals surface area contributed by atoms with Crippen LogP contribution in [-0.2, 0) is 22.7 Å². The van der Waals surface area contributed by atoms with Gasteiger partial charge in [0, 0.05) is 23.9 Å². The summed E-state index contributed by atoms with van der Waals surface area (Å²) in [5, 5.41) is 6.68. The third kappa shape index (κ3) is 3.96. The fourth-order valence-corrected chi connectivity index (χ4v) is 5.39. The lowest BCUT2D eigenvalue weighted by Crippen LogP contribution is -2.64. The molecule has 2 aromatic carbocycles. The minimum Gasteiger partial charge on any atom is -0.351 e. The van der Waals surface area contributed by atoms with Gasteiger partial charge in [0.2, 0.25) is 11.8 Å². The third-order valence-corrected chi connectivity index (χ3v) is 7.25. The van der Waals surface area contributed by atoms with Crippen LogP contribution in [0.25, 0.3) is 10.9 Å². The van der Waals surface area contributed by atoms with E-state index in [2.05, 4.69) is 10.6 Å². The number of nitrogens with zero attached hydrogens (tertiary/aromatic N) is 2. The van der Waals surface area contributed by atoms with E-state index in [1.807, 2.05) is 28.8 Å². The predicted octanol–water partition coefficient (Wildman–Crippen LogP) is 4.21. The molecule has 182 valence electrons. The summed E-state index contributed by atoms with van der Waals surface area (Å²) >= 11 is 0. The molecule has 1 aromatic heterocycles. The van der Waals surface area contributed by atoms with E-state index in [0.717, 1.165) is 36.6 Å². The summed E-state index contributed by atoms with van der Waals surface area (Å²) in [6, 6.07) is 13.8. The Bertz CT molecular complexity index is 1330. The molecule has 1 atom stereocenters. The van der Waals surface area contributed by atoms with E-state index >= 15 is 0 Å². The second kappa shape index (κ2) is 8.83. The van der Waals surface area contributed by atoms with Crippen molar-refractivity contribution in [3.63, 3.8) is 0 Å². The van der Waals surface area contributed by atoms with Crippen molar-refractivity contribution in [1.29, 1.82) is 0 Å². The average molecular weight is 477 g/mol. The van der Waals surface area contributed by atoms with Crippen molar-refractivity contribution in [2.75, 3.05) is 5.32 Å². The highest BCUT2D eigenvalue weighted by Gasteiger charge is 2.49. The van der Waals surface area contributed by atoms with E-state index in [9.17, 15) is 18.8 Å². The normalized spacial score (nSPS) is 20.2. The van der Waals surface area contributed by atoms with Crippen molar-refractivity contribution in [2.45, 2.75) is 64.2 Å². The largest absolute Gasteiger partial charge is 0.351 e. The van der Waals surface area contributed by atoms with Gasteiger partial charge in [-0.2, -0.15) is 0 Å². The molecular formula is C27H29FN4O3. The van der Waals surface area contributed by atoms with Crippen molar-refractivity contribution >= 4 is 34.3 Å². The van der Waals surface area contributed by atoms with Crippen LogP contribution < -0.4 is 10.6 Å². The summed E-state index contributed by atoms with van der Waals surface area (Å²) in [5.74, 6) is -1.42. The van der Waals surface area contributed by atoms with Crippen LogP contribution in [0, 0.1) is 5.82 Å². The first kappa shape index (κ1) is 23.1. The van der Waals surface area contributed by atoms with Crippen LogP contribution in [0.4, 0.5) is 10.1 Å². The lowest BCUT2D eigenvalue weighted by atomic mass is 9.93. The molecule has 1 fully saturated rings. The number of carbonyl (C=O) groups is 3. The molecule has 0 spiro atoms. The summed E-state index contributed by atoms with van der Waals surface area (Å²) in [6.45, 7) is 3.25. The first-order chi connectivity index (χ1) is 16.8. The quantitative estimate of drug-likeness (QED) is 0.579. The van der Waals surface area contributed by atoms with Crippen LogP contribution >= 0.6 is 0 Å². The van der Waals surface area contributed by atoms with Crippen LogP contribution in [0.2, 0.25) is 0 Å². The minimum absolute atomic E-state index is 0.0683. The molecule has 1 aliphatic carbocycles. The van der Waals surface area contributed by atoms with Gasteiger partial charge in [-0.05, 0) is 31.9 Å². The molecular weight excluding hydrogens is 447 g/mol. The number of para-hydroxylation sites is 1. The van der Waals surface area contributed by atoms with Crippen LogP contribution in [0.15, 0.2) is 48.5 Å². The van der Waals surface area contributed by atoms with Gasteiger partial charge >= 0.3 is 0 Å². The molecule has 8 heteroatoms. The maximum atomic E-state index is 14.7. The van der Waals surface area contributed by atoms with E-state index in [1.165, 1.54) is 17.9 Å². The van der Waals surface area contributed by atoms with Gasteiger partial charge in [0.15, 0.2) is 0 Å². The van der Waals surface area contributed by atoms with Gasteiger partial charge in [-0.1, -0.05) is 49.2 Å². The Morgan fingerprint density at radius 3 is 2.49 bits per heavy atom. The fraction of sp³-hybridized carbons (Fsp3) is 0.370. The van der Waals surface area contributed by atoms with Gasteiger partial charge in [-0.25, -0.2) is 4.39 Å². The molecule has 2 heterocycles. The smallest absolute Gasteiger partial charge is 0.273 e.